The van der Waals surface area contributed by atoms with Gasteiger partial charge >= 0.3 is 0 Å². The Morgan fingerprint density at radius 2 is 1.80 bits per heavy atom. The molecule has 82 valence electrons. The third kappa shape index (κ3) is 1.87. The van der Waals surface area contributed by atoms with Crippen molar-refractivity contribution in [1.29, 1.82) is 0 Å². The minimum atomic E-state index is -0.311. The Morgan fingerprint density at radius 3 is 2.27 bits per heavy atom. The maximum Gasteiger partial charge on any atom is 0.125 e. The Hall–Kier alpha value is -1.00. The Morgan fingerprint density at radius 1 is 1.20 bits per heavy atom. The molecule has 1 aliphatic rings. The minimum Gasteiger partial charge on any atom is -0.391 e. The Bertz CT molecular complexity index is 355. The van der Waals surface area contributed by atoms with Crippen molar-refractivity contribution in [3.8, 4) is 0 Å². The van der Waals surface area contributed by atoms with E-state index in [9.17, 15) is 5.11 Å². The van der Waals surface area contributed by atoms with E-state index in [2.05, 4.69) is 15.3 Å². The first kappa shape index (κ1) is 10.5. The summed E-state index contributed by atoms with van der Waals surface area (Å²) in [6.45, 7) is 6.70. The lowest BCUT2D eigenvalue weighted by atomic mass is 10.00. The van der Waals surface area contributed by atoms with Gasteiger partial charge in [-0.15, -0.1) is 0 Å². The average Bonchev–Trinajstić information content (AvgIpc) is 2.50. The summed E-state index contributed by atoms with van der Waals surface area (Å²) >= 11 is 0. The lowest BCUT2D eigenvalue weighted by Crippen LogP contribution is -2.24. The molecule has 1 aromatic heterocycles. The molecule has 0 aromatic carbocycles. The fourth-order valence-electron chi connectivity index (χ4n) is 2.33. The van der Waals surface area contributed by atoms with Crippen LogP contribution < -0.4 is 5.32 Å². The van der Waals surface area contributed by atoms with E-state index >= 15 is 0 Å². The zero-order chi connectivity index (χ0) is 11.0. The molecular weight excluding hydrogens is 190 g/mol. The van der Waals surface area contributed by atoms with Crippen molar-refractivity contribution in [3.05, 3.63) is 22.8 Å². The molecule has 2 rings (SSSR count). The summed E-state index contributed by atoms with van der Waals surface area (Å²) in [5, 5.41) is 13.1. The van der Waals surface area contributed by atoms with Crippen molar-refractivity contribution in [2.75, 3.05) is 6.54 Å². The minimum absolute atomic E-state index is 0.00519. The summed E-state index contributed by atoms with van der Waals surface area (Å²) in [4.78, 5) is 8.70. The molecular formula is C11H17N3O. The van der Waals surface area contributed by atoms with E-state index in [-0.39, 0.29) is 12.1 Å². The standard InChI is InChI=1S/C11H17N3O/c1-6-10(7(2)14-8(3)13-6)11-9(15)4-5-12-11/h9,11-12,15H,4-5H2,1-3H3. The highest BCUT2D eigenvalue weighted by Crippen LogP contribution is 2.27. The molecule has 0 bridgehead atoms. The molecule has 0 saturated carbocycles. The Labute approximate surface area is 89.8 Å². The van der Waals surface area contributed by atoms with Crippen LogP contribution in [0, 0.1) is 20.8 Å². The topological polar surface area (TPSA) is 58.0 Å². The molecule has 1 aromatic rings. The van der Waals surface area contributed by atoms with E-state index in [4.69, 9.17) is 0 Å². The van der Waals surface area contributed by atoms with Crippen LogP contribution in [0.3, 0.4) is 0 Å². The molecule has 0 radical (unpaired) electrons. The van der Waals surface area contributed by atoms with Crippen molar-refractivity contribution in [1.82, 2.24) is 15.3 Å². The van der Waals surface area contributed by atoms with Crippen molar-refractivity contribution < 1.29 is 5.11 Å². The summed E-state index contributed by atoms with van der Waals surface area (Å²) in [6.07, 6.45) is 0.492. The third-order valence-corrected chi connectivity index (χ3v) is 2.94. The molecule has 2 unspecified atom stereocenters. The Kier molecular flexibility index (Phi) is 2.71. The molecule has 0 spiro atoms. The summed E-state index contributed by atoms with van der Waals surface area (Å²) in [7, 11) is 0. The fraction of sp³-hybridized carbons (Fsp3) is 0.636. The van der Waals surface area contributed by atoms with Crippen LogP contribution in [0.1, 0.15) is 35.2 Å². The maximum atomic E-state index is 9.84. The second-order valence-corrected chi connectivity index (χ2v) is 4.14. The predicted octanol–water partition coefficient (Wildman–Crippen LogP) is 0.797. The third-order valence-electron chi connectivity index (χ3n) is 2.94. The summed E-state index contributed by atoms with van der Waals surface area (Å²) in [5.74, 6) is 0.793. The van der Waals surface area contributed by atoms with Gasteiger partial charge in [0.25, 0.3) is 0 Å². The molecule has 2 heterocycles. The largest absolute Gasteiger partial charge is 0.391 e. The number of aryl methyl sites for hydroxylation is 3. The van der Waals surface area contributed by atoms with Gasteiger partial charge in [-0.05, 0) is 33.7 Å². The monoisotopic (exact) mass is 207 g/mol. The van der Waals surface area contributed by atoms with Crippen LogP contribution in [0.4, 0.5) is 0 Å². The van der Waals surface area contributed by atoms with Crippen LogP contribution in [0.15, 0.2) is 0 Å². The number of aliphatic hydroxyl groups is 1. The van der Waals surface area contributed by atoms with Crippen molar-refractivity contribution in [3.63, 3.8) is 0 Å². The number of rotatable bonds is 1. The number of nitrogens with one attached hydrogen (secondary N) is 1. The van der Waals surface area contributed by atoms with Crippen molar-refractivity contribution >= 4 is 0 Å². The first-order valence-electron chi connectivity index (χ1n) is 5.33. The van der Waals surface area contributed by atoms with Crippen molar-refractivity contribution in [2.24, 2.45) is 0 Å². The molecule has 1 fully saturated rings. The van der Waals surface area contributed by atoms with Gasteiger partial charge in [0.2, 0.25) is 0 Å². The van der Waals surface area contributed by atoms with Gasteiger partial charge < -0.3 is 10.4 Å². The zero-order valence-electron chi connectivity index (χ0n) is 9.41. The number of aromatic nitrogens is 2. The van der Waals surface area contributed by atoms with Crippen LogP contribution in [0.2, 0.25) is 0 Å². The molecule has 1 aliphatic heterocycles. The highest BCUT2D eigenvalue weighted by atomic mass is 16.3. The summed E-state index contributed by atoms with van der Waals surface area (Å²) in [6, 6.07) is 0.00519. The SMILES string of the molecule is Cc1nc(C)c(C2NCCC2O)c(C)n1. The van der Waals surface area contributed by atoms with Gasteiger partial charge in [0.1, 0.15) is 5.82 Å². The van der Waals surface area contributed by atoms with E-state index in [1.807, 2.05) is 20.8 Å². The molecule has 2 N–H and O–H groups in total. The van der Waals surface area contributed by atoms with Crippen LogP contribution in [-0.2, 0) is 0 Å². The number of aliphatic hydroxyl groups excluding tert-OH is 1. The zero-order valence-corrected chi connectivity index (χ0v) is 9.41. The van der Waals surface area contributed by atoms with E-state index in [1.54, 1.807) is 0 Å². The number of nitrogens with zero attached hydrogens (tertiary/aromatic N) is 2. The van der Waals surface area contributed by atoms with E-state index in [0.29, 0.717) is 0 Å². The van der Waals surface area contributed by atoms with Gasteiger partial charge in [-0.3, -0.25) is 0 Å². The number of hydrogen-bond acceptors (Lipinski definition) is 4. The van der Waals surface area contributed by atoms with Crippen LogP contribution in [0.5, 0.6) is 0 Å². The molecule has 4 heteroatoms. The van der Waals surface area contributed by atoms with Gasteiger partial charge in [-0.1, -0.05) is 0 Å². The second kappa shape index (κ2) is 3.87. The molecule has 1 saturated heterocycles. The molecule has 2 atom stereocenters. The smallest absolute Gasteiger partial charge is 0.125 e. The van der Waals surface area contributed by atoms with Crippen LogP contribution in [0.25, 0.3) is 0 Å². The molecule has 0 amide bonds. The highest BCUT2D eigenvalue weighted by Gasteiger charge is 2.29. The summed E-state index contributed by atoms with van der Waals surface area (Å²) < 4.78 is 0. The van der Waals surface area contributed by atoms with Gasteiger partial charge in [0.05, 0.1) is 12.1 Å². The van der Waals surface area contributed by atoms with E-state index < -0.39 is 0 Å². The molecule has 4 nitrogen and oxygen atoms in total. The first-order valence-corrected chi connectivity index (χ1v) is 5.33. The molecule has 0 aliphatic carbocycles. The first-order chi connectivity index (χ1) is 7.09. The second-order valence-electron chi connectivity index (χ2n) is 4.14. The van der Waals surface area contributed by atoms with E-state index in [1.165, 1.54) is 0 Å². The van der Waals surface area contributed by atoms with Gasteiger partial charge in [-0.2, -0.15) is 0 Å². The fourth-order valence-corrected chi connectivity index (χ4v) is 2.33. The highest BCUT2D eigenvalue weighted by molar-refractivity contribution is 5.29. The quantitative estimate of drug-likeness (QED) is 0.715. The lowest BCUT2D eigenvalue weighted by Gasteiger charge is -2.19. The van der Waals surface area contributed by atoms with Crippen LogP contribution in [-0.4, -0.2) is 27.7 Å². The van der Waals surface area contributed by atoms with Crippen molar-refractivity contribution in [2.45, 2.75) is 39.3 Å². The van der Waals surface area contributed by atoms with E-state index in [0.717, 1.165) is 35.7 Å². The maximum absolute atomic E-state index is 9.84. The van der Waals surface area contributed by atoms with Crippen LogP contribution >= 0.6 is 0 Å². The lowest BCUT2D eigenvalue weighted by molar-refractivity contribution is 0.159. The number of hydrogen-bond donors (Lipinski definition) is 2. The van der Waals surface area contributed by atoms with Gasteiger partial charge in [-0.25, -0.2) is 9.97 Å². The average molecular weight is 207 g/mol. The normalized spacial score (nSPS) is 25.9. The Balaban J connectivity index is 2.43. The van der Waals surface area contributed by atoms with Gasteiger partial charge in [0.15, 0.2) is 0 Å². The van der Waals surface area contributed by atoms with Gasteiger partial charge in [0, 0.05) is 17.0 Å². The predicted molar refractivity (Wildman–Crippen MR) is 57.6 cm³/mol. The summed E-state index contributed by atoms with van der Waals surface area (Å²) in [5.41, 5.74) is 3.00. The molecule has 15 heavy (non-hydrogen) atoms.